The first kappa shape index (κ1) is 14.0. The van der Waals surface area contributed by atoms with Crippen molar-refractivity contribution in [1.29, 1.82) is 0 Å². The van der Waals surface area contributed by atoms with Gasteiger partial charge in [-0.3, -0.25) is 4.98 Å². The van der Waals surface area contributed by atoms with Gasteiger partial charge in [0.05, 0.1) is 11.1 Å². The maximum Gasteiger partial charge on any atom is 0.128 e. The summed E-state index contributed by atoms with van der Waals surface area (Å²) in [5, 5.41) is 3.87. The molecule has 19 heavy (non-hydrogen) atoms. The summed E-state index contributed by atoms with van der Waals surface area (Å²) < 4.78 is 14.0. The van der Waals surface area contributed by atoms with Gasteiger partial charge in [-0.1, -0.05) is 36.7 Å². The quantitative estimate of drug-likeness (QED) is 0.895. The summed E-state index contributed by atoms with van der Waals surface area (Å²) in [4.78, 5) is 3.97. The molecule has 2 rings (SSSR count). The Balaban J connectivity index is 2.42. The summed E-state index contributed by atoms with van der Waals surface area (Å²) >= 11 is 6.18. The van der Waals surface area contributed by atoms with Gasteiger partial charge in [-0.15, -0.1) is 0 Å². The highest BCUT2D eigenvalue weighted by molar-refractivity contribution is 6.31. The van der Waals surface area contributed by atoms with Crippen molar-refractivity contribution in [2.24, 2.45) is 0 Å². The van der Waals surface area contributed by atoms with E-state index in [1.165, 1.54) is 6.07 Å². The molecule has 4 heteroatoms. The first-order chi connectivity index (χ1) is 9.24. The van der Waals surface area contributed by atoms with Crippen molar-refractivity contribution in [2.45, 2.75) is 19.4 Å². The van der Waals surface area contributed by atoms with Gasteiger partial charge in [0.2, 0.25) is 0 Å². The lowest BCUT2D eigenvalue weighted by atomic mass is 9.99. The Kier molecular flexibility index (Phi) is 4.88. The number of hydrogen-bond donors (Lipinski definition) is 1. The number of nitrogens with zero attached hydrogens (tertiary/aromatic N) is 1. The smallest absolute Gasteiger partial charge is 0.128 e. The number of aromatic nitrogens is 1. The third kappa shape index (κ3) is 3.31. The van der Waals surface area contributed by atoms with Gasteiger partial charge in [0, 0.05) is 18.0 Å². The zero-order valence-electron chi connectivity index (χ0n) is 10.7. The molecule has 0 saturated heterocycles. The van der Waals surface area contributed by atoms with Gasteiger partial charge in [0.25, 0.3) is 0 Å². The van der Waals surface area contributed by atoms with Gasteiger partial charge in [0.15, 0.2) is 0 Å². The van der Waals surface area contributed by atoms with Gasteiger partial charge >= 0.3 is 0 Å². The van der Waals surface area contributed by atoms with E-state index in [2.05, 4.69) is 17.2 Å². The topological polar surface area (TPSA) is 24.9 Å². The summed E-state index contributed by atoms with van der Waals surface area (Å²) in [6, 6.07) is 8.32. The molecule has 0 bridgehead atoms. The Hall–Kier alpha value is -1.45. The van der Waals surface area contributed by atoms with Crippen LogP contribution in [0.3, 0.4) is 0 Å². The highest BCUT2D eigenvalue weighted by Crippen LogP contribution is 2.29. The minimum Gasteiger partial charge on any atom is -0.306 e. The molecule has 1 aromatic carbocycles. The zero-order chi connectivity index (χ0) is 13.7. The summed E-state index contributed by atoms with van der Waals surface area (Å²) in [5.41, 5.74) is 1.44. The van der Waals surface area contributed by atoms with Crippen LogP contribution in [-0.4, -0.2) is 11.5 Å². The Labute approximate surface area is 117 Å². The maximum atomic E-state index is 14.0. The summed E-state index contributed by atoms with van der Waals surface area (Å²) in [7, 11) is 0. The predicted octanol–water partition coefficient (Wildman–Crippen LogP) is 3.96. The van der Waals surface area contributed by atoms with Crippen LogP contribution < -0.4 is 5.32 Å². The number of nitrogens with one attached hydrogen (secondary N) is 1. The molecule has 1 N–H and O–H groups in total. The normalized spacial score (nSPS) is 12.4. The number of halogens is 2. The first-order valence-electron chi connectivity index (χ1n) is 6.31. The minimum absolute atomic E-state index is 0.232. The van der Waals surface area contributed by atoms with Crippen LogP contribution in [0.25, 0.3) is 0 Å². The highest BCUT2D eigenvalue weighted by Gasteiger charge is 2.19. The van der Waals surface area contributed by atoms with Crippen molar-refractivity contribution >= 4 is 11.6 Å². The lowest BCUT2D eigenvalue weighted by molar-refractivity contribution is 0.546. The van der Waals surface area contributed by atoms with E-state index in [0.29, 0.717) is 10.6 Å². The average molecular weight is 279 g/mol. The molecule has 0 spiro atoms. The van der Waals surface area contributed by atoms with E-state index >= 15 is 0 Å². The molecule has 0 aliphatic heterocycles. The zero-order valence-corrected chi connectivity index (χ0v) is 11.5. The van der Waals surface area contributed by atoms with Gasteiger partial charge in [-0.25, -0.2) is 4.39 Å². The summed E-state index contributed by atoms with van der Waals surface area (Å²) in [6.07, 6.45) is 4.22. The molecule has 2 nitrogen and oxygen atoms in total. The monoisotopic (exact) mass is 278 g/mol. The van der Waals surface area contributed by atoms with Crippen molar-refractivity contribution in [3.8, 4) is 0 Å². The van der Waals surface area contributed by atoms with Crippen molar-refractivity contribution in [3.05, 3.63) is 64.7 Å². The van der Waals surface area contributed by atoms with Crippen LogP contribution in [0.1, 0.15) is 30.5 Å². The Morgan fingerprint density at radius 1 is 1.26 bits per heavy atom. The Morgan fingerprint density at radius 3 is 2.74 bits per heavy atom. The molecule has 0 radical (unpaired) electrons. The van der Waals surface area contributed by atoms with Gasteiger partial charge < -0.3 is 5.32 Å². The summed E-state index contributed by atoms with van der Waals surface area (Å²) in [6.45, 7) is 2.86. The van der Waals surface area contributed by atoms with Gasteiger partial charge in [0.1, 0.15) is 5.82 Å². The SMILES string of the molecule is CCCNC(c1ccccc1F)c1ccncc1Cl. The first-order valence-corrected chi connectivity index (χ1v) is 6.69. The lowest BCUT2D eigenvalue weighted by Gasteiger charge is -2.21. The minimum atomic E-state index is -0.253. The molecule has 0 aliphatic rings. The van der Waals surface area contributed by atoms with Crippen molar-refractivity contribution < 1.29 is 4.39 Å². The van der Waals surface area contributed by atoms with E-state index in [-0.39, 0.29) is 11.9 Å². The number of rotatable bonds is 5. The van der Waals surface area contributed by atoms with Crippen LogP contribution in [0, 0.1) is 5.82 Å². The van der Waals surface area contributed by atoms with E-state index in [1.54, 1.807) is 24.5 Å². The highest BCUT2D eigenvalue weighted by atomic mass is 35.5. The molecule has 0 amide bonds. The fraction of sp³-hybridized carbons (Fsp3) is 0.267. The predicted molar refractivity (Wildman–Crippen MR) is 75.8 cm³/mol. The van der Waals surface area contributed by atoms with Crippen molar-refractivity contribution in [2.75, 3.05) is 6.54 Å². The molecule has 1 unspecified atom stereocenters. The van der Waals surface area contributed by atoms with Crippen molar-refractivity contribution in [1.82, 2.24) is 10.3 Å². The van der Waals surface area contributed by atoms with Crippen LogP contribution >= 0.6 is 11.6 Å². The second kappa shape index (κ2) is 6.64. The second-order valence-electron chi connectivity index (χ2n) is 4.31. The van der Waals surface area contributed by atoms with E-state index in [0.717, 1.165) is 18.5 Å². The van der Waals surface area contributed by atoms with Crippen LogP contribution in [0.4, 0.5) is 4.39 Å². The second-order valence-corrected chi connectivity index (χ2v) is 4.71. The number of benzene rings is 1. The third-order valence-electron chi connectivity index (χ3n) is 2.93. The van der Waals surface area contributed by atoms with Gasteiger partial charge in [-0.05, 0) is 30.7 Å². The molecule has 1 heterocycles. The van der Waals surface area contributed by atoms with Crippen molar-refractivity contribution in [3.63, 3.8) is 0 Å². The van der Waals surface area contributed by atoms with E-state index < -0.39 is 0 Å². The maximum absolute atomic E-state index is 14.0. The van der Waals surface area contributed by atoms with Gasteiger partial charge in [-0.2, -0.15) is 0 Å². The largest absolute Gasteiger partial charge is 0.306 e. The molecular formula is C15H16ClFN2. The number of hydrogen-bond acceptors (Lipinski definition) is 2. The fourth-order valence-electron chi connectivity index (χ4n) is 2.01. The van der Waals surface area contributed by atoms with Crippen LogP contribution in [-0.2, 0) is 0 Å². The molecule has 0 saturated carbocycles. The average Bonchev–Trinajstić information content (AvgIpc) is 2.42. The van der Waals surface area contributed by atoms with Crippen LogP contribution in [0.15, 0.2) is 42.7 Å². The fourth-order valence-corrected chi connectivity index (χ4v) is 2.23. The van der Waals surface area contributed by atoms with Crippen LogP contribution in [0.5, 0.6) is 0 Å². The molecule has 100 valence electrons. The van der Waals surface area contributed by atoms with E-state index in [4.69, 9.17) is 11.6 Å². The van der Waals surface area contributed by atoms with E-state index in [1.807, 2.05) is 12.1 Å². The standard InChI is InChI=1S/C15H16ClFN2/c1-2-8-19-15(11-7-9-18-10-13(11)16)12-5-3-4-6-14(12)17/h3-7,9-10,15,19H,2,8H2,1H3. The molecule has 2 aromatic rings. The number of pyridine rings is 1. The molecule has 1 atom stereocenters. The van der Waals surface area contributed by atoms with Crippen LogP contribution in [0.2, 0.25) is 5.02 Å². The molecule has 0 fully saturated rings. The third-order valence-corrected chi connectivity index (χ3v) is 3.25. The lowest BCUT2D eigenvalue weighted by Crippen LogP contribution is -2.24. The Bertz CT molecular complexity index is 500. The molecule has 1 aromatic heterocycles. The van der Waals surface area contributed by atoms with E-state index in [9.17, 15) is 4.39 Å². The summed E-state index contributed by atoms with van der Waals surface area (Å²) in [5.74, 6) is -0.232. The molecule has 0 aliphatic carbocycles. The molecular weight excluding hydrogens is 263 g/mol. The Morgan fingerprint density at radius 2 is 2.05 bits per heavy atom.